The van der Waals surface area contributed by atoms with Gasteiger partial charge in [0.05, 0.1) is 13.2 Å². The maximum absolute atomic E-state index is 11.9. The summed E-state index contributed by atoms with van der Waals surface area (Å²) < 4.78 is 5.35. The van der Waals surface area contributed by atoms with Gasteiger partial charge in [0.2, 0.25) is 5.91 Å². The van der Waals surface area contributed by atoms with Gasteiger partial charge in [-0.15, -0.1) is 6.58 Å². The Bertz CT molecular complexity index is 451. The molecule has 0 unspecified atom stereocenters. The van der Waals surface area contributed by atoms with Gasteiger partial charge in [0.1, 0.15) is 5.75 Å². The van der Waals surface area contributed by atoms with Crippen molar-refractivity contribution in [1.29, 1.82) is 0 Å². The van der Waals surface area contributed by atoms with E-state index in [1.54, 1.807) is 12.2 Å². The Kier molecular flexibility index (Phi) is 7.14. The summed E-state index contributed by atoms with van der Waals surface area (Å²) in [4.78, 5) is 13.4. The second-order valence-electron chi connectivity index (χ2n) is 4.13. The van der Waals surface area contributed by atoms with Crippen LogP contribution in [0.4, 0.5) is 0 Å². The molecule has 1 rings (SSSR count). The molecule has 0 heterocycles. The van der Waals surface area contributed by atoms with E-state index in [0.29, 0.717) is 19.7 Å². The highest BCUT2D eigenvalue weighted by molar-refractivity contribution is 5.91. The average Bonchev–Trinajstić information content (AvgIpc) is 2.46. The van der Waals surface area contributed by atoms with E-state index in [0.717, 1.165) is 11.3 Å². The summed E-state index contributed by atoms with van der Waals surface area (Å²) in [6.07, 6.45) is 4.87. The summed E-state index contributed by atoms with van der Waals surface area (Å²) in [5.41, 5.74) is 0.921. The topological polar surface area (TPSA) is 49.8 Å². The van der Waals surface area contributed by atoms with Gasteiger partial charge in [0.15, 0.2) is 0 Å². The molecule has 1 N–H and O–H groups in total. The molecule has 1 aromatic rings. The molecule has 20 heavy (non-hydrogen) atoms. The zero-order valence-electron chi connectivity index (χ0n) is 11.8. The molecule has 108 valence electrons. The third-order valence-corrected chi connectivity index (χ3v) is 2.64. The van der Waals surface area contributed by atoms with Crippen LogP contribution in [0, 0.1) is 0 Å². The Morgan fingerprint density at radius 1 is 1.40 bits per heavy atom. The number of ether oxygens (including phenoxy) is 1. The minimum absolute atomic E-state index is 0.0591. The van der Waals surface area contributed by atoms with Crippen LogP contribution in [0.5, 0.6) is 5.75 Å². The van der Waals surface area contributed by atoms with Crippen molar-refractivity contribution >= 4 is 12.0 Å². The smallest absolute Gasteiger partial charge is 0.246 e. The maximum atomic E-state index is 11.9. The number of aliphatic hydroxyl groups excluding tert-OH is 1. The van der Waals surface area contributed by atoms with Gasteiger partial charge >= 0.3 is 0 Å². The van der Waals surface area contributed by atoms with Crippen molar-refractivity contribution in [3.63, 3.8) is 0 Å². The number of rotatable bonds is 8. The quantitative estimate of drug-likeness (QED) is 0.584. The zero-order valence-corrected chi connectivity index (χ0v) is 11.8. The lowest BCUT2D eigenvalue weighted by Gasteiger charge is -2.17. The lowest BCUT2D eigenvalue weighted by Crippen LogP contribution is -2.32. The van der Waals surface area contributed by atoms with Crippen LogP contribution in [-0.2, 0) is 4.79 Å². The van der Waals surface area contributed by atoms with Gasteiger partial charge in [0.25, 0.3) is 0 Å². The fraction of sp³-hybridized carbons (Fsp3) is 0.312. The fourth-order valence-electron chi connectivity index (χ4n) is 1.68. The number of aliphatic hydroxyl groups is 1. The summed E-state index contributed by atoms with van der Waals surface area (Å²) >= 11 is 0. The van der Waals surface area contributed by atoms with E-state index in [1.165, 1.54) is 11.0 Å². The maximum Gasteiger partial charge on any atom is 0.246 e. The molecule has 0 aliphatic carbocycles. The number of hydrogen-bond donors (Lipinski definition) is 1. The lowest BCUT2D eigenvalue weighted by molar-refractivity contribution is -0.125. The standard InChI is InChI=1S/C16H21NO3/c1-3-11-17(12-13-18)16(19)10-7-14-5-8-15(9-6-14)20-4-2/h3,5-10,18H,1,4,11-13H2,2H3/b10-7+. The minimum atomic E-state index is -0.146. The highest BCUT2D eigenvalue weighted by atomic mass is 16.5. The van der Waals surface area contributed by atoms with Gasteiger partial charge in [-0.1, -0.05) is 18.2 Å². The second-order valence-corrected chi connectivity index (χ2v) is 4.13. The number of nitrogens with zero attached hydrogens (tertiary/aromatic N) is 1. The van der Waals surface area contributed by atoms with Crippen molar-refractivity contribution in [2.24, 2.45) is 0 Å². The predicted octanol–water partition coefficient (Wildman–Crippen LogP) is 2.11. The van der Waals surface area contributed by atoms with Gasteiger partial charge in [-0.2, -0.15) is 0 Å². The van der Waals surface area contributed by atoms with Crippen LogP contribution in [-0.4, -0.2) is 42.2 Å². The molecule has 1 aromatic carbocycles. The van der Waals surface area contributed by atoms with Gasteiger partial charge in [-0.05, 0) is 30.7 Å². The van der Waals surface area contributed by atoms with Crippen LogP contribution in [0.1, 0.15) is 12.5 Å². The number of hydrogen-bond acceptors (Lipinski definition) is 3. The van der Waals surface area contributed by atoms with Gasteiger partial charge in [-0.25, -0.2) is 0 Å². The van der Waals surface area contributed by atoms with Crippen LogP contribution < -0.4 is 4.74 Å². The highest BCUT2D eigenvalue weighted by Crippen LogP contribution is 2.13. The molecule has 0 saturated carbocycles. The molecule has 0 saturated heterocycles. The zero-order chi connectivity index (χ0) is 14.8. The van der Waals surface area contributed by atoms with E-state index in [-0.39, 0.29) is 12.5 Å². The molecule has 0 bridgehead atoms. The molecule has 0 aliphatic rings. The molecule has 0 fully saturated rings. The van der Waals surface area contributed by atoms with Crippen molar-refractivity contribution < 1.29 is 14.6 Å². The van der Waals surface area contributed by atoms with Crippen molar-refractivity contribution in [2.45, 2.75) is 6.92 Å². The molecule has 4 nitrogen and oxygen atoms in total. The second kappa shape index (κ2) is 8.93. The predicted molar refractivity (Wildman–Crippen MR) is 80.5 cm³/mol. The Hall–Kier alpha value is -2.07. The highest BCUT2D eigenvalue weighted by Gasteiger charge is 2.07. The van der Waals surface area contributed by atoms with E-state index in [1.807, 2.05) is 31.2 Å². The van der Waals surface area contributed by atoms with E-state index in [2.05, 4.69) is 6.58 Å². The number of carbonyl (C=O) groups excluding carboxylic acids is 1. The SMILES string of the molecule is C=CCN(CCO)C(=O)/C=C/c1ccc(OCC)cc1. The van der Waals surface area contributed by atoms with Crippen LogP contribution in [0.2, 0.25) is 0 Å². The van der Waals surface area contributed by atoms with Crippen molar-refractivity contribution in [1.82, 2.24) is 4.90 Å². The van der Waals surface area contributed by atoms with Crippen molar-refractivity contribution in [3.8, 4) is 5.75 Å². The summed E-state index contributed by atoms with van der Waals surface area (Å²) in [7, 11) is 0. The monoisotopic (exact) mass is 275 g/mol. The molecule has 0 atom stereocenters. The van der Waals surface area contributed by atoms with E-state index >= 15 is 0 Å². The summed E-state index contributed by atoms with van der Waals surface area (Å²) in [5, 5.41) is 8.91. The van der Waals surface area contributed by atoms with Crippen LogP contribution in [0.15, 0.2) is 43.0 Å². The third kappa shape index (κ3) is 5.28. The first-order chi connectivity index (χ1) is 9.71. The first-order valence-corrected chi connectivity index (χ1v) is 6.62. The largest absolute Gasteiger partial charge is 0.494 e. The average molecular weight is 275 g/mol. The van der Waals surface area contributed by atoms with E-state index in [9.17, 15) is 4.79 Å². The molecule has 0 radical (unpaired) electrons. The fourth-order valence-corrected chi connectivity index (χ4v) is 1.68. The first kappa shape index (κ1) is 16.0. The Morgan fingerprint density at radius 3 is 2.65 bits per heavy atom. The number of benzene rings is 1. The summed E-state index contributed by atoms with van der Waals surface area (Å²) in [5.74, 6) is 0.664. The van der Waals surface area contributed by atoms with Gasteiger partial charge in [0, 0.05) is 19.2 Å². The third-order valence-electron chi connectivity index (χ3n) is 2.64. The molecule has 1 amide bonds. The van der Waals surface area contributed by atoms with Crippen LogP contribution >= 0.6 is 0 Å². The van der Waals surface area contributed by atoms with Gasteiger partial charge < -0.3 is 14.7 Å². The van der Waals surface area contributed by atoms with Crippen LogP contribution in [0.25, 0.3) is 6.08 Å². The number of carbonyl (C=O) groups is 1. The molecular formula is C16H21NO3. The Balaban J connectivity index is 2.65. The van der Waals surface area contributed by atoms with E-state index < -0.39 is 0 Å². The molecule has 0 aromatic heterocycles. The van der Waals surface area contributed by atoms with Crippen molar-refractivity contribution in [3.05, 3.63) is 48.6 Å². The Morgan fingerprint density at radius 2 is 2.10 bits per heavy atom. The first-order valence-electron chi connectivity index (χ1n) is 6.62. The minimum Gasteiger partial charge on any atom is -0.494 e. The summed E-state index contributed by atoms with van der Waals surface area (Å²) in [6.45, 7) is 6.83. The molecular weight excluding hydrogens is 254 g/mol. The molecule has 0 aliphatic heterocycles. The van der Waals surface area contributed by atoms with E-state index in [4.69, 9.17) is 9.84 Å². The molecule has 0 spiro atoms. The molecule has 4 heteroatoms. The van der Waals surface area contributed by atoms with Crippen molar-refractivity contribution in [2.75, 3.05) is 26.3 Å². The van der Waals surface area contributed by atoms with Crippen LogP contribution in [0.3, 0.4) is 0 Å². The summed E-state index contributed by atoms with van der Waals surface area (Å²) in [6, 6.07) is 7.50. The number of amides is 1. The Labute approximate surface area is 120 Å². The van der Waals surface area contributed by atoms with Gasteiger partial charge in [-0.3, -0.25) is 4.79 Å². The normalized spacial score (nSPS) is 10.5. The lowest BCUT2D eigenvalue weighted by atomic mass is 10.2.